The molecule has 1 N–H and O–H groups in total. The van der Waals surface area contributed by atoms with Gasteiger partial charge in [0.15, 0.2) is 0 Å². The van der Waals surface area contributed by atoms with Crippen LogP contribution in [0.2, 0.25) is 0 Å². The van der Waals surface area contributed by atoms with Crippen molar-refractivity contribution in [2.75, 3.05) is 6.54 Å². The highest BCUT2D eigenvalue weighted by molar-refractivity contribution is 9.10. The average Bonchev–Trinajstić information content (AvgIpc) is 2.41. The summed E-state index contributed by atoms with van der Waals surface area (Å²) in [7, 11) is -3.39. The van der Waals surface area contributed by atoms with Crippen LogP contribution in [0.15, 0.2) is 27.6 Å². The van der Waals surface area contributed by atoms with Gasteiger partial charge in [0.05, 0.1) is 4.90 Å². The first-order chi connectivity index (χ1) is 9.40. The van der Waals surface area contributed by atoms with Crippen molar-refractivity contribution >= 4 is 26.0 Å². The van der Waals surface area contributed by atoms with Crippen molar-refractivity contribution in [1.29, 1.82) is 0 Å². The molecule has 2 atom stereocenters. The van der Waals surface area contributed by atoms with E-state index in [1.54, 1.807) is 18.2 Å². The molecule has 112 valence electrons. The second-order valence-corrected chi connectivity index (χ2v) is 8.41. The summed E-state index contributed by atoms with van der Waals surface area (Å²) in [6.07, 6.45) is 4.83. The van der Waals surface area contributed by atoms with Crippen LogP contribution < -0.4 is 4.72 Å². The highest BCUT2D eigenvalue weighted by atomic mass is 79.9. The summed E-state index contributed by atoms with van der Waals surface area (Å²) >= 11 is 3.39. The molecule has 1 aromatic carbocycles. The molecule has 1 aliphatic rings. The molecule has 0 amide bonds. The SMILES string of the molecule is Cc1cc(S(=O)(=O)NCC2CCCCC2C)ccc1Br. The van der Waals surface area contributed by atoms with Crippen LogP contribution in [0.3, 0.4) is 0 Å². The van der Waals surface area contributed by atoms with Crippen LogP contribution in [-0.4, -0.2) is 15.0 Å². The van der Waals surface area contributed by atoms with Gasteiger partial charge in [0, 0.05) is 11.0 Å². The Hall–Kier alpha value is -0.390. The smallest absolute Gasteiger partial charge is 0.211 e. The van der Waals surface area contributed by atoms with Crippen molar-refractivity contribution in [3.63, 3.8) is 0 Å². The largest absolute Gasteiger partial charge is 0.240 e. The van der Waals surface area contributed by atoms with Crippen molar-refractivity contribution in [2.24, 2.45) is 11.8 Å². The monoisotopic (exact) mass is 359 g/mol. The molecule has 0 aromatic heterocycles. The number of aryl methyl sites for hydroxylation is 1. The summed E-state index contributed by atoms with van der Waals surface area (Å²) in [6, 6.07) is 5.13. The summed E-state index contributed by atoms with van der Waals surface area (Å²) in [6.45, 7) is 4.67. The summed E-state index contributed by atoms with van der Waals surface area (Å²) in [5.74, 6) is 1.08. The van der Waals surface area contributed by atoms with Crippen LogP contribution in [0.25, 0.3) is 0 Å². The second-order valence-electron chi connectivity index (χ2n) is 5.78. The van der Waals surface area contributed by atoms with Gasteiger partial charge >= 0.3 is 0 Å². The van der Waals surface area contributed by atoms with Crippen molar-refractivity contribution < 1.29 is 8.42 Å². The van der Waals surface area contributed by atoms with Gasteiger partial charge in [-0.2, -0.15) is 0 Å². The number of benzene rings is 1. The minimum absolute atomic E-state index is 0.349. The summed E-state index contributed by atoms with van der Waals surface area (Å²) in [5.41, 5.74) is 0.930. The van der Waals surface area contributed by atoms with Crippen molar-refractivity contribution in [1.82, 2.24) is 4.72 Å². The highest BCUT2D eigenvalue weighted by Gasteiger charge is 2.23. The lowest BCUT2D eigenvalue weighted by atomic mass is 9.81. The fourth-order valence-corrected chi connectivity index (χ4v) is 4.21. The van der Waals surface area contributed by atoms with Crippen molar-refractivity contribution in [3.8, 4) is 0 Å². The first-order valence-electron chi connectivity index (χ1n) is 7.16. The van der Waals surface area contributed by atoms with E-state index in [-0.39, 0.29) is 0 Å². The van der Waals surface area contributed by atoms with E-state index in [0.29, 0.717) is 23.3 Å². The van der Waals surface area contributed by atoms with E-state index in [1.807, 2.05) is 6.92 Å². The third-order valence-electron chi connectivity index (χ3n) is 4.26. The topological polar surface area (TPSA) is 46.2 Å². The fourth-order valence-electron chi connectivity index (χ4n) is 2.78. The number of halogens is 1. The maximum Gasteiger partial charge on any atom is 0.240 e. The summed E-state index contributed by atoms with van der Waals surface area (Å²) in [4.78, 5) is 0.349. The fraction of sp³-hybridized carbons (Fsp3) is 0.600. The van der Waals surface area contributed by atoms with Gasteiger partial charge in [-0.15, -0.1) is 0 Å². The number of hydrogen-bond acceptors (Lipinski definition) is 2. The van der Waals surface area contributed by atoms with E-state index >= 15 is 0 Å². The molecule has 1 aliphatic carbocycles. The summed E-state index contributed by atoms with van der Waals surface area (Å²) in [5, 5.41) is 0. The molecular weight excluding hydrogens is 338 g/mol. The minimum Gasteiger partial charge on any atom is -0.211 e. The van der Waals surface area contributed by atoms with Crippen LogP contribution in [-0.2, 0) is 10.0 Å². The molecule has 0 heterocycles. The average molecular weight is 360 g/mol. The quantitative estimate of drug-likeness (QED) is 0.886. The molecule has 2 unspecified atom stereocenters. The van der Waals surface area contributed by atoms with Crippen LogP contribution in [0.1, 0.15) is 38.2 Å². The minimum atomic E-state index is -3.39. The van der Waals surface area contributed by atoms with E-state index in [2.05, 4.69) is 27.6 Å². The zero-order valence-electron chi connectivity index (χ0n) is 12.0. The molecule has 0 bridgehead atoms. The van der Waals surface area contributed by atoms with Gasteiger partial charge in [0.2, 0.25) is 10.0 Å². The molecule has 0 spiro atoms. The molecule has 0 saturated heterocycles. The van der Waals surface area contributed by atoms with Crippen LogP contribution in [0.4, 0.5) is 0 Å². The Kier molecular flexibility index (Phi) is 5.26. The van der Waals surface area contributed by atoms with Gasteiger partial charge in [-0.25, -0.2) is 13.1 Å². The van der Waals surface area contributed by atoms with E-state index in [9.17, 15) is 8.42 Å². The Labute approximate surface area is 130 Å². The van der Waals surface area contributed by atoms with Crippen molar-refractivity contribution in [3.05, 3.63) is 28.2 Å². The predicted octanol–water partition coefficient (Wildman–Crippen LogP) is 3.86. The number of sulfonamides is 1. The van der Waals surface area contributed by atoms with Crippen LogP contribution in [0.5, 0.6) is 0 Å². The molecule has 3 nitrogen and oxygen atoms in total. The number of rotatable bonds is 4. The zero-order valence-corrected chi connectivity index (χ0v) is 14.4. The summed E-state index contributed by atoms with van der Waals surface area (Å²) < 4.78 is 28.3. The van der Waals surface area contributed by atoms with Gasteiger partial charge in [0.1, 0.15) is 0 Å². The van der Waals surface area contributed by atoms with E-state index in [1.165, 1.54) is 19.3 Å². The molecule has 20 heavy (non-hydrogen) atoms. The van der Waals surface area contributed by atoms with Crippen LogP contribution in [0, 0.1) is 18.8 Å². The van der Waals surface area contributed by atoms with Gasteiger partial charge < -0.3 is 0 Å². The standard InChI is InChI=1S/C15H22BrNO2S/c1-11-5-3-4-6-13(11)10-17-20(18,19)14-7-8-15(16)12(2)9-14/h7-9,11,13,17H,3-6,10H2,1-2H3. The first kappa shape index (κ1) is 16.0. The lowest BCUT2D eigenvalue weighted by Gasteiger charge is -2.28. The second kappa shape index (κ2) is 6.58. The van der Waals surface area contributed by atoms with E-state index in [4.69, 9.17) is 0 Å². The zero-order chi connectivity index (χ0) is 14.8. The van der Waals surface area contributed by atoms with E-state index < -0.39 is 10.0 Å². The van der Waals surface area contributed by atoms with E-state index in [0.717, 1.165) is 16.5 Å². The molecule has 0 aliphatic heterocycles. The highest BCUT2D eigenvalue weighted by Crippen LogP contribution is 2.29. The Morgan fingerprint density at radius 3 is 2.65 bits per heavy atom. The Morgan fingerprint density at radius 2 is 2.00 bits per heavy atom. The van der Waals surface area contributed by atoms with Gasteiger partial charge in [-0.3, -0.25) is 0 Å². The first-order valence-corrected chi connectivity index (χ1v) is 9.43. The molecule has 2 rings (SSSR count). The predicted molar refractivity (Wildman–Crippen MR) is 85.2 cm³/mol. The molecular formula is C15H22BrNO2S. The third-order valence-corrected chi connectivity index (χ3v) is 6.58. The third kappa shape index (κ3) is 3.83. The van der Waals surface area contributed by atoms with Gasteiger partial charge in [0.25, 0.3) is 0 Å². The number of nitrogens with one attached hydrogen (secondary N) is 1. The van der Waals surface area contributed by atoms with Crippen molar-refractivity contribution in [2.45, 2.75) is 44.4 Å². The Balaban J connectivity index is 2.05. The normalized spacial score (nSPS) is 23.8. The maximum atomic E-state index is 12.3. The lowest BCUT2D eigenvalue weighted by Crippen LogP contribution is -2.33. The Morgan fingerprint density at radius 1 is 1.30 bits per heavy atom. The number of hydrogen-bond donors (Lipinski definition) is 1. The molecule has 1 fully saturated rings. The van der Waals surface area contributed by atoms with Crippen LogP contribution >= 0.6 is 15.9 Å². The Bertz CT molecular complexity index is 571. The molecule has 0 radical (unpaired) electrons. The molecule has 5 heteroatoms. The maximum absolute atomic E-state index is 12.3. The van der Waals surface area contributed by atoms with Gasteiger partial charge in [-0.1, -0.05) is 42.1 Å². The lowest BCUT2D eigenvalue weighted by molar-refractivity contribution is 0.257. The molecule has 1 saturated carbocycles. The van der Waals surface area contributed by atoms with Gasteiger partial charge in [-0.05, 0) is 48.9 Å². The molecule has 1 aromatic rings.